The van der Waals surface area contributed by atoms with Crippen LogP contribution in [0.5, 0.6) is 5.75 Å². The van der Waals surface area contributed by atoms with Crippen LogP contribution < -0.4 is 10.1 Å². The second-order valence-corrected chi connectivity index (χ2v) is 5.73. The first kappa shape index (κ1) is 19.6. The van der Waals surface area contributed by atoms with Crippen LogP contribution in [0.4, 0.5) is 0 Å². The number of nitrogens with one attached hydrogen (secondary N) is 1. The minimum Gasteiger partial charge on any atom is -0.482 e. The molecule has 0 aromatic heterocycles. The number of ether oxygens (including phenoxy) is 1. The van der Waals surface area contributed by atoms with E-state index >= 15 is 0 Å². The number of carbonyl (C=O) groups is 3. The van der Waals surface area contributed by atoms with E-state index in [1.54, 1.807) is 31.2 Å². The van der Waals surface area contributed by atoms with E-state index in [4.69, 9.17) is 9.84 Å². The largest absolute Gasteiger partial charge is 0.482 e. The van der Waals surface area contributed by atoms with Crippen LogP contribution in [0, 0.1) is 5.92 Å². The number of ketones is 1. The number of hydrogen-bond donors (Lipinski definition) is 3. The highest BCUT2D eigenvalue weighted by molar-refractivity contribution is 5.88. The van der Waals surface area contributed by atoms with Crippen LogP contribution in [0.1, 0.15) is 26.3 Å². The van der Waals surface area contributed by atoms with Crippen molar-refractivity contribution in [1.29, 1.82) is 0 Å². The molecule has 0 fully saturated rings. The Morgan fingerprint density at radius 2 is 1.75 bits per heavy atom. The van der Waals surface area contributed by atoms with E-state index in [1.165, 1.54) is 13.8 Å². The van der Waals surface area contributed by atoms with E-state index in [1.807, 2.05) is 0 Å². The number of carboxylic acids is 1. The number of rotatable bonds is 9. The van der Waals surface area contributed by atoms with Gasteiger partial charge in [0, 0.05) is 0 Å². The number of aliphatic hydroxyl groups is 1. The van der Waals surface area contributed by atoms with Gasteiger partial charge in [-0.3, -0.25) is 9.59 Å². The number of carboxylic acid groups (broad SMARTS) is 1. The van der Waals surface area contributed by atoms with Crippen LogP contribution in [0.3, 0.4) is 0 Å². The van der Waals surface area contributed by atoms with Gasteiger partial charge < -0.3 is 20.3 Å². The summed E-state index contributed by atoms with van der Waals surface area (Å²) in [6.45, 7) is 4.07. The molecule has 0 heterocycles. The van der Waals surface area contributed by atoms with Crippen LogP contribution in [0.2, 0.25) is 0 Å². The molecule has 0 aliphatic rings. The maximum absolute atomic E-state index is 12.0. The quantitative estimate of drug-likeness (QED) is 0.614. The smallest absolute Gasteiger partial charge is 0.341 e. The Bertz CT molecular complexity index is 581. The van der Waals surface area contributed by atoms with E-state index < -0.39 is 30.6 Å². The molecule has 0 bridgehead atoms. The fraction of sp³-hybridized carbons (Fsp3) is 0.471. The minimum atomic E-state index is -1.06. The molecule has 1 amide bonds. The second kappa shape index (κ2) is 9.02. The highest BCUT2D eigenvalue weighted by Crippen LogP contribution is 2.14. The molecule has 7 heteroatoms. The topological polar surface area (TPSA) is 113 Å². The van der Waals surface area contributed by atoms with E-state index in [9.17, 15) is 19.5 Å². The van der Waals surface area contributed by atoms with Gasteiger partial charge in [-0.2, -0.15) is 0 Å². The molecule has 0 spiro atoms. The summed E-state index contributed by atoms with van der Waals surface area (Å²) in [7, 11) is 0. The lowest BCUT2D eigenvalue weighted by molar-refractivity contribution is -0.139. The summed E-state index contributed by atoms with van der Waals surface area (Å²) in [5, 5.41) is 20.7. The molecular weight excluding hydrogens is 314 g/mol. The summed E-state index contributed by atoms with van der Waals surface area (Å²) in [6.07, 6.45) is -0.504. The van der Waals surface area contributed by atoms with Gasteiger partial charge in [0.25, 0.3) is 0 Å². The third kappa shape index (κ3) is 6.37. The van der Waals surface area contributed by atoms with Crippen LogP contribution in [-0.4, -0.2) is 46.6 Å². The lowest BCUT2D eigenvalue weighted by atomic mass is 10.0. The van der Waals surface area contributed by atoms with E-state index in [0.29, 0.717) is 12.2 Å². The molecule has 0 aliphatic carbocycles. The van der Waals surface area contributed by atoms with E-state index in [2.05, 4.69) is 5.32 Å². The molecule has 1 aromatic carbocycles. The van der Waals surface area contributed by atoms with Gasteiger partial charge in [0.2, 0.25) is 5.91 Å². The number of Topliss-reactive ketones (excluding diaryl/α,β-unsaturated/α-hetero) is 1. The molecule has 3 N–H and O–H groups in total. The van der Waals surface area contributed by atoms with Crippen molar-refractivity contribution in [2.24, 2.45) is 5.92 Å². The molecule has 24 heavy (non-hydrogen) atoms. The molecule has 132 valence electrons. The van der Waals surface area contributed by atoms with Crippen molar-refractivity contribution in [3.8, 4) is 5.75 Å². The van der Waals surface area contributed by atoms with Gasteiger partial charge in [0.05, 0.1) is 18.1 Å². The van der Waals surface area contributed by atoms with Crippen molar-refractivity contribution in [2.45, 2.75) is 39.3 Å². The molecule has 7 nitrogen and oxygen atoms in total. The molecule has 1 rings (SSSR count). The SMILES string of the molecule is CC(=O)[C@H](Cc1ccc(OCC(=O)O)cc1)NC(=O)[C@@H](C)C(C)O. The number of amides is 1. The Morgan fingerprint density at radius 3 is 2.21 bits per heavy atom. The van der Waals surface area contributed by atoms with Gasteiger partial charge in [-0.15, -0.1) is 0 Å². The molecule has 1 aromatic rings. The molecule has 0 radical (unpaired) electrons. The predicted molar refractivity (Wildman–Crippen MR) is 86.7 cm³/mol. The first-order chi connectivity index (χ1) is 11.2. The number of aliphatic carboxylic acids is 1. The van der Waals surface area contributed by atoms with Gasteiger partial charge in [0.1, 0.15) is 5.75 Å². The van der Waals surface area contributed by atoms with Gasteiger partial charge in [-0.1, -0.05) is 19.1 Å². The van der Waals surface area contributed by atoms with Gasteiger partial charge in [-0.25, -0.2) is 4.79 Å². The summed E-state index contributed by atoms with van der Waals surface area (Å²) in [6, 6.07) is 5.93. The fourth-order valence-electron chi connectivity index (χ4n) is 1.92. The van der Waals surface area contributed by atoms with Crippen LogP contribution in [0.15, 0.2) is 24.3 Å². The highest BCUT2D eigenvalue weighted by atomic mass is 16.5. The van der Waals surface area contributed by atoms with Crippen LogP contribution >= 0.6 is 0 Å². The first-order valence-corrected chi connectivity index (χ1v) is 7.63. The van der Waals surface area contributed by atoms with E-state index in [-0.39, 0.29) is 11.7 Å². The number of aliphatic hydroxyl groups excluding tert-OH is 1. The van der Waals surface area contributed by atoms with Gasteiger partial charge in [0.15, 0.2) is 12.4 Å². The zero-order valence-corrected chi connectivity index (χ0v) is 14.0. The average Bonchev–Trinajstić information content (AvgIpc) is 2.52. The number of carbonyl (C=O) groups excluding carboxylic acids is 2. The summed E-state index contributed by atoms with van der Waals surface area (Å²) in [5.74, 6) is -1.84. The van der Waals surface area contributed by atoms with Crippen molar-refractivity contribution >= 4 is 17.7 Å². The number of hydrogen-bond acceptors (Lipinski definition) is 5. The Kier molecular flexibility index (Phi) is 7.38. The van der Waals surface area contributed by atoms with Crippen LogP contribution in [-0.2, 0) is 20.8 Å². The standard InChI is InChI=1S/C17H23NO6/c1-10(11(2)19)17(23)18-15(12(3)20)8-13-4-6-14(7-5-13)24-9-16(21)22/h4-7,10-11,15,19H,8-9H2,1-3H3,(H,18,23)(H,21,22)/t10-,11?,15-/m0/s1. The highest BCUT2D eigenvalue weighted by Gasteiger charge is 2.23. The normalized spacial score (nSPS) is 14.3. The monoisotopic (exact) mass is 337 g/mol. The van der Waals surface area contributed by atoms with Crippen molar-refractivity contribution in [3.63, 3.8) is 0 Å². The lowest BCUT2D eigenvalue weighted by Crippen LogP contribution is -2.45. The van der Waals surface area contributed by atoms with E-state index in [0.717, 1.165) is 5.56 Å². The predicted octanol–water partition coefficient (Wildman–Crippen LogP) is 0.783. The van der Waals surface area contributed by atoms with Crippen molar-refractivity contribution < 1.29 is 29.3 Å². The summed E-state index contributed by atoms with van der Waals surface area (Å²) in [5.41, 5.74) is 0.794. The third-order valence-corrected chi connectivity index (χ3v) is 3.67. The number of benzene rings is 1. The van der Waals surface area contributed by atoms with Crippen molar-refractivity contribution in [1.82, 2.24) is 5.32 Å². The van der Waals surface area contributed by atoms with Gasteiger partial charge in [-0.05, 0) is 38.0 Å². The van der Waals surface area contributed by atoms with Crippen molar-refractivity contribution in [2.75, 3.05) is 6.61 Å². The summed E-state index contributed by atoms with van der Waals surface area (Å²) >= 11 is 0. The van der Waals surface area contributed by atoms with Crippen molar-refractivity contribution in [3.05, 3.63) is 29.8 Å². The van der Waals surface area contributed by atoms with Gasteiger partial charge >= 0.3 is 5.97 Å². The first-order valence-electron chi connectivity index (χ1n) is 7.63. The Morgan fingerprint density at radius 1 is 1.17 bits per heavy atom. The average molecular weight is 337 g/mol. The molecule has 0 aliphatic heterocycles. The molecule has 3 atom stereocenters. The maximum atomic E-state index is 12.0. The van der Waals surface area contributed by atoms with Crippen LogP contribution in [0.25, 0.3) is 0 Å². The molecular formula is C17H23NO6. The minimum absolute atomic E-state index is 0.188. The molecule has 1 unspecified atom stereocenters. The molecule has 0 saturated heterocycles. The second-order valence-electron chi connectivity index (χ2n) is 5.73. The summed E-state index contributed by atoms with van der Waals surface area (Å²) in [4.78, 5) is 34.2. The Hall–Kier alpha value is -2.41. The zero-order chi connectivity index (χ0) is 18.3. The lowest BCUT2D eigenvalue weighted by Gasteiger charge is -2.20. The Labute approximate surface area is 140 Å². The summed E-state index contributed by atoms with van der Waals surface area (Å²) < 4.78 is 5.03. The Balaban J connectivity index is 2.70. The maximum Gasteiger partial charge on any atom is 0.341 e. The fourth-order valence-corrected chi connectivity index (χ4v) is 1.92. The zero-order valence-electron chi connectivity index (χ0n) is 14.0. The third-order valence-electron chi connectivity index (χ3n) is 3.67. The molecule has 0 saturated carbocycles.